The first-order chi connectivity index (χ1) is 15.8. The Bertz CT molecular complexity index is 1210. The van der Waals surface area contributed by atoms with Crippen molar-refractivity contribution in [3.63, 3.8) is 0 Å². The van der Waals surface area contributed by atoms with E-state index in [1.807, 2.05) is 30.3 Å². The predicted molar refractivity (Wildman–Crippen MR) is 130 cm³/mol. The number of aliphatic hydroxyl groups excluding tert-OH is 1. The van der Waals surface area contributed by atoms with Crippen LogP contribution >= 0.6 is 0 Å². The highest BCUT2D eigenvalue weighted by Crippen LogP contribution is 2.27. The molecule has 0 saturated heterocycles. The van der Waals surface area contributed by atoms with Crippen LogP contribution in [0.25, 0.3) is 11.1 Å². The van der Waals surface area contributed by atoms with Crippen molar-refractivity contribution in [1.82, 2.24) is 9.21 Å². The first-order valence-corrected chi connectivity index (χ1v) is 12.5. The summed E-state index contributed by atoms with van der Waals surface area (Å²) in [4.78, 5) is 2.50. The number of sulfonamides is 1. The van der Waals surface area contributed by atoms with Crippen molar-refractivity contribution in [1.29, 1.82) is 0 Å². The first-order valence-electron chi connectivity index (χ1n) is 11.1. The Morgan fingerprint density at radius 1 is 0.970 bits per heavy atom. The molecule has 174 valence electrons. The summed E-state index contributed by atoms with van der Waals surface area (Å²) in [6, 6.07) is 22.8. The van der Waals surface area contributed by atoms with Gasteiger partial charge in [0.2, 0.25) is 10.0 Å². The molecular weight excluding hydrogens is 436 g/mol. The molecular formula is C26H30N2O4S. The van der Waals surface area contributed by atoms with Gasteiger partial charge >= 0.3 is 0 Å². The Morgan fingerprint density at radius 3 is 2.42 bits per heavy atom. The van der Waals surface area contributed by atoms with Crippen molar-refractivity contribution in [3.05, 3.63) is 83.9 Å². The molecule has 3 aromatic carbocycles. The third kappa shape index (κ3) is 5.62. The minimum absolute atomic E-state index is 0.191. The lowest BCUT2D eigenvalue weighted by Crippen LogP contribution is -2.38. The Balaban J connectivity index is 1.38. The number of nitrogens with zero attached hydrogens (tertiary/aromatic N) is 2. The van der Waals surface area contributed by atoms with Gasteiger partial charge < -0.3 is 9.84 Å². The summed E-state index contributed by atoms with van der Waals surface area (Å²) in [5.74, 6) is 0.636. The number of rotatable bonds is 8. The SMILES string of the molecule is CN(C)S(=O)(=O)c1cccc(-c2cccc(OCC(O)CN3CCc4ccccc4C3)c2)c1. The minimum Gasteiger partial charge on any atom is -0.491 e. The second-order valence-corrected chi connectivity index (χ2v) is 10.7. The molecule has 0 saturated carbocycles. The molecule has 0 aromatic heterocycles. The summed E-state index contributed by atoms with van der Waals surface area (Å²) in [5, 5.41) is 10.5. The Hall–Kier alpha value is -2.71. The van der Waals surface area contributed by atoms with Crippen LogP contribution in [0.2, 0.25) is 0 Å². The van der Waals surface area contributed by atoms with Crippen LogP contribution in [0.15, 0.2) is 77.7 Å². The van der Waals surface area contributed by atoms with E-state index in [4.69, 9.17) is 4.74 Å². The van der Waals surface area contributed by atoms with Crippen molar-refractivity contribution in [3.8, 4) is 16.9 Å². The van der Waals surface area contributed by atoms with Gasteiger partial charge in [-0.3, -0.25) is 4.90 Å². The quantitative estimate of drug-likeness (QED) is 0.551. The van der Waals surface area contributed by atoms with E-state index < -0.39 is 16.1 Å². The maximum Gasteiger partial charge on any atom is 0.242 e. The fraction of sp³-hybridized carbons (Fsp3) is 0.308. The third-order valence-corrected chi connectivity index (χ3v) is 7.71. The van der Waals surface area contributed by atoms with Crippen LogP contribution < -0.4 is 4.74 Å². The summed E-state index contributed by atoms with van der Waals surface area (Å²) in [6.07, 6.45) is 0.390. The lowest BCUT2D eigenvalue weighted by molar-refractivity contribution is 0.0638. The van der Waals surface area contributed by atoms with Gasteiger partial charge in [0, 0.05) is 33.7 Å². The second-order valence-electron chi connectivity index (χ2n) is 8.56. The molecule has 0 bridgehead atoms. The number of hydrogen-bond acceptors (Lipinski definition) is 5. The fourth-order valence-corrected chi connectivity index (χ4v) is 5.01. The van der Waals surface area contributed by atoms with Gasteiger partial charge in [0.15, 0.2) is 0 Å². The van der Waals surface area contributed by atoms with Gasteiger partial charge in [-0.1, -0.05) is 48.5 Å². The molecule has 4 rings (SSSR count). The maximum atomic E-state index is 12.5. The number of benzene rings is 3. The second kappa shape index (κ2) is 10.1. The van der Waals surface area contributed by atoms with Crippen LogP contribution in [-0.4, -0.2) is 62.6 Å². The van der Waals surface area contributed by atoms with E-state index in [0.717, 1.165) is 30.6 Å². The van der Waals surface area contributed by atoms with E-state index in [1.165, 1.54) is 29.5 Å². The predicted octanol–water partition coefficient (Wildman–Crippen LogP) is 3.40. The van der Waals surface area contributed by atoms with Gasteiger partial charge in [-0.15, -0.1) is 0 Å². The molecule has 0 aliphatic carbocycles. The Kier molecular flexibility index (Phi) is 7.14. The zero-order valence-corrected chi connectivity index (χ0v) is 19.8. The summed E-state index contributed by atoms with van der Waals surface area (Å²) in [5.41, 5.74) is 4.35. The van der Waals surface area contributed by atoms with Crippen LogP contribution in [0.5, 0.6) is 5.75 Å². The van der Waals surface area contributed by atoms with Crippen molar-refractivity contribution < 1.29 is 18.3 Å². The molecule has 7 heteroatoms. The van der Waals surface area contributed by atoms with Crippen molar-refractivity contribution in [2.75, 3.05) is 33.8 Å². The van der Waals surface area contributed by atoms with E-state index >= 15 is 0 Å². The number of fused-ring (bicyclic) bond motifs is 1. The monoisotopic (exact) mass is 466 g/mol. The molecule has 0 amide bonds. The molecule has 0 fully saturated rings. The van der Waals surface area contributed by atoms with Gasteiger partial charge in [0.25, 0.3) is 0 Å². The summed E-state index contributed by atoms with van der Waals surface area (Å²) < 4.78 is 32.0. The first kappa shape index (κ1) is 23.4. The molecule has 0 radical (unpaired) electrons. The average molecular weight is 467 g/mol. The Labute approximate surface area is 196 Å². The highest BCUT2D eigenvalue weighted by Gasteiger charge is 2.19. The fourth-order valence-electron chi connectivity index (χ4n) is 4.07. The number of aliphatic hydroxyl groups is 1. The van der Waals surface area contributed by atoms with Gasteiger partial charge in [-0.05, 0) is 52.9 Å². The number of hydrogen-bond donors (Lipinski definition) is 1. The van der Waals surface area contributed by atoms with Crippen LogP contribution in [0, 0.1) is 0 Å². The topological polar surface area (TPSA) is 70.1 Å². The molecule has 33 heavy (non-hydrogen) atoms. The van der Waals surface area contributed by atoms with Crippen molar-refractivity contribution in [2.45, 2.75) is 24.0 Å². The summed E-state index contributed by atoms with van der Waals surface area (Å²) in [6.45, 7) is 2.51. The van der Waals surface area contributed by atoms with E-state index in [-0.39, 0.29) is 11.5 Å². The molecule has 1 unspecified atom stereocenters. The Morgan fingerprint density at radius 2 is 1.67 bits per heavy atom. The van der Waals surface area contributed by atoms with E-state index in [2.05, 4.69) is 29.2 Å². The minimum atomic E-state index is -3.51. The molecule has 6 nitrogen and oxygen atoms in total. The van der Waals surface area contributed by atoms with Crippen LogP contribution in [0.1, 0.15) is 11.1 Å². The third-order valence-electron chi connectivity index (χ3n) is 5.90. The molecule has 3 aromatic rings. The van der Waals surface area contributed by atoms with Crippen LogP contribution in [-0.2, 0) is 23.0 Å². The summed E-state index contributed by atoms with van der Waals surface area (Å²) >= 11 is 0. The zero-order chi connectivity index (χ0) is 23.4. The lowest BCUT2D eigenvalue weighted by Gasteiger charge is -2.30. The van der Waals surface area contributed by atoms with Gasteiger partial charge in [0.05, 0.1) is 4.90 Å². The lowest BCUT2D eigenvalue weighted by atomic mass is 10.00. The normalized spacial score (nSPS) is 15.3. The van der Waals surface area contributed by atoms with Crippen LogP contribution in [0.4, 0.5) is 0 Å². The van der Waals surface area contributed by atoms with E-state index in [1.54, 1.807) is 18.2 Å². The van der Waals surface area contributed by atoms with E-state index in [0.29, 0.717) is 12.3 Å². The number of ether oxygens (including phenoxy) is 1. The molecule has 0 spiro atoms. The smallest absolute Gasteiger partial charge is 0.242 e. The highest BCUT2D eigenvalue weighted by atomic mass is 32.2. The molecule has 1 aliphatic rings. The average Bonchev–Trinajstić information content (AvgIpc) is 2.83. The summed E-state index contributed by atoms with van der Waals surface area (Å²) in [7, 11) is -0.471. The van der Waals surface area contributed by atoms with Crippen molar-refractivity contribution >= 4 is 10.0 Å². The van der Waals surface area contributed by atoms with E-state index in [9.17, 15) is 13.5 Å². The highest BCUT2D eigenvalue weighted by molar-refractivity contribution is 7.89. The largest absolute Gasteiger partial charge is 0.491 e. The standard InChI is InChI=1S/C26H30N2O4S/c1-27(2)33(30,31)26-12-6-10-22(16-26)21-9-5-11-25(15-21)32-19-24(29)18-28-14-13-20-7-3-4-8-23(20)17-28/h3-12,15-16,24,29H,13-14,17-19H2,1-2H3. The van der Waals surface area contributed by atoms with Gasteiger partial charge in [-0.25, -0.2) is 12.7 Å². The van der Waals surface area contributed by atoms with Crippen molar-refractivity contribution in [2.24, 2.45) is 0 Å². The molecule has 1 aliphatic heterocycles. The molecule has 1 atom stereocenters. The zero-order valence-electron chi connectivity index (χ0n) is 19.0. The van der Waals surface area contributed by atoms with Crippen LogP contribution in [0.3, 0.4) is 0 Å². The molecule has 1 heterocycles. The maximum absolute atomic E-state index is 12.5. The number of β-amino-alcohol motifs (C(OH)–C–C–N with tert-alkyl or cyclic N) is 1. The van der Waals surface area contributed by atoms with Gasteiger partial charge in [0.1, 0.15) is 18.5 Å². The molecule has 1 N–H and O–H groups in total. The van der Waals surface area contributed by atoms with Gasteiger partial charge in [-0.2, -0.15) is 0 Å².